The van der Waals surface area contributed by atoms with Crippen molar-refractivity contribution in [3.63, 3.8) is 0 Å². The van der Waals surface area contributed by atoms with E-state index in [1.165, 1.54) is 26.4 Å². The maximum absolute atomic E-state index is 13.6. The first kappa shape index (κ1) is 28.5. The van der Waals surface area contributed by atoms with Gasteiger partial charge in [-0.3, -0.25) is 14.5 Å². The normalized spacial score (nSPS) is 14.1. The van der Waals surface area contributed by atoms with E-state index in [9.17, 15) is 18.0 Å². The molecular formula is C28H38N2O6S. The van der Waals surface area contributed by atoms with E-state index in [1.54, 1.807) is 30.3 Å². The maximum atomic E-state index is 13.6. The number of imide groups is 1. The van der Waals surface area contributed by atoms with Gasteiger partial charge in [0.25, 0.3) is 11.8 Å². The van der Waals surface area contributed by atoms with Crippen LogP contribution in [0.4, 0.5) is 5.69 Å². The zero-order valence-electron chi connectivity index (χ0n) is 22.2. The van der Waals surface area contributed by atoms with Crippen LogP contribution in [0.25, 0.3) is 0 Å². The predicted octanol–water partition coefficient (Wildman–Crippen LogP) is 4.96. The third-order valence-electron chi connectivity index (χ3n) is 6.57. The van der Waals surface area contributed by atoms with Crippen LogP contribution >= 0.6 is 0 Å². The molecule has 1 aliphatic rings. The summed E-state index contributed by atoms with van der Waals surface area (Å²) in [6.07, 6.45) is 8.70. The van der Waals surface area contributed by atoms with Crippen LogP contribution in [0.5, 0.6) is 11.5 Å². The zero-order valence-corrected chi connectivity index (χ0v) is 23.0. The summed E-state index contributed by atoms with van der Waals surface area (Å²) in [5, 5.41) is 0. The second-order valence-corrected chi connectivity index (χ2v) is 11.7. The van der Waals surface area contributed by atoms with Crippen molar-refractivity contribution in [2.75, 3.05) is 31.5 Å². The van der Waals surface area contributed by atoms with Crippen molar-refractivity contribution in [2.24, 2.45) is 0 Å². The number of nitrogens with two attached hydrogens (primary N) is 1. The lowest BCUT2D eigenvalue weighted by molar-refractivity contribution is 0.0597. The predicted molar refractivity (Wildman–Crippen MR) is 145 cm³/mol. The van der Waals surface area contributed by atoms with Gasteiger partial charge in [-0.1, -0.05) is 45.1 Å². The van der Waals surface area contributed by atoms with Crippen molar-refractivity contribution >= 4 is 27.3 Å². The Bertz CT molecular complexity index is 1240. The molecule has 1 heterocycles. The average molecular weight is 531 g/mol. The molecule has 202 valence electrons. The summed E-state index contributed by atoms with van der Waals surface area (Å²) in [6.45, 7) is 4.36. The number of nitrogen functional groups attached to an aromatic ring is 1. The molecule has 0 saturated heterocycles. The number of ether oxygens (including phenoxy) is 2. The molecule has 2 amide bonds. The number of rotatable bonds is 14. The maximum Gasteiger partial charge on any atom is 0.264 e. The molecule has 0 aromatic heterocycles. The number of fused-ring (bicyclic) bond motifs is 1. The Kier molecular flexibility index (Phi) is 9.59. The van der Waals surface area contributed by atoms with Crippen LogP contribution in [-0.4, -0.2) is 50.9 Å². The van der Waals surface area contributed by atoms with Crippen molar-refractivity contribution < 1.29 is 27.5 Å². The van der Waals surface area contributed by atoms with Crippen LogP contribution < -0.4 is 15.2 Å². The van der Waals surface area contributed by atoms with Crippen molar-refractivity contribution in [1.29, 1.82) is 0 Å². The highest BCUT2D eigenvalue weighted by atomic mass is 32.2. The second-order valence-electron chi connectivity index (χ2n) is 9.56. The number of hydrogen-bond donors (Lipinski definition) is 1. The third kappa shape index (κ3) is 6.83. The van der Waals surface area contributed by atoms with Crippen LogP contribution in [0.2, 0.25) is 0 Å². The monoisotopic (exact) mass is 530 g/mol. The van der Waals surface area contributed by atoms with E-state index in [2.05, 4.69) is 6.92 Å². The van der Waals surface area contributed by atoms with E-state index in [1.807, 2.05) is 6.92 Å². The number of nitrogens with zero attached hydrogens (tertiary/aromatic N) is 1. The Hall–Kier alpha value is -3.07. The largest absolute Gasteiger partial charge is 0.493 e. The van der Waals surface area contributed by atoms with E-state index < -0.39 is 33.4 Å². The van der Waals surface area contributed by atoms with Crippen LogP contribution in [0, 0.1) is 0 Å². The standard InChI is InChI=1S/C28H38N2O6S/c1-5-7-8-9-10-11-12-19-15-21-26(22(29)16-19)28(32)30(27(21)31)23(18-37(4,33)34)20-13-14-24(35-3)25(17-20)36-6-2/h13-17,23H,5-12,18,29H2,1-4H3/t23-/m1/s1. The number of anilines is 1. The van der Waals surface area contributed by atoms with Crippen molar-refractivity contribution in [2.45, 2.75) is 64.8 Å². The van der Waals surface area contributed by atoms with E-state index in [-0.39, 0.29) is 16.8 Å². The summed E-state index contributed by atoms with van der Waals surface area (Å²) in [7, 11) is -2.07. The molecule has 1 aliphatic heterocycles. The fourth-order valence-corrected chi connectivity index (χ4v) is 5.70. The van der Waals surface area contributed by atoms with Gasteiger partial charge in [-0.15, -0.1) is 0 Å². The molecule has 0 bridgehead atoms. The number of hydrogen-bond acceptors (Lipinski definition) is 7. The van der Waals surface area contributed by atoms with E-state index >= 15 is 0 Å². The molecule has 0 saturated carbocycles. The Morgan fingerprint density at radius 3 is 2.30 bits per heavy atom. The summed E-state index contributed by atoms with van der Waals surface area (Å²) in [4.78, 5) is 28.1. The quantitative estimate of drug-likeness (QED) is 0.208. The first-order valence-electron chi connectivity index (χ1n) is 12.9. The fraction of sp³-hybridized carbons (Fsp3) is 0.500. The highest BCUT2D eigenvalue weighted by Crippen LogP contribution is 2.38. The lowest BCUT2D eigenvalue weighted by atomic mass is 9.99. The Labute approximate surface area is 220 Å². The fourth-order valence-electron chi connectivity index (χ4n) is 4.79. The summed E-state index contributed by atoms with van der Waals surface area (Å²) in [6, 6.07) is 7.35. The van der Waals surface area contributed by atoms with Crippen LogP contribution in [0.3, 0.4) is 0 Å². The highest BCUT2D eigenvalue weighted by Gasteiger charge is 2.43. The first-order chi connectivity index (χ1) is 17.6. The summed E-state index contributed by atoms with van der Waals surface area (Å²) < 4.78 is 35.8. The van der Waals surface area contributed by atoms with Gasteiger partial charge in [0, 0.05) is 11.9 Å². The first-order valence-corrected chi connectivity index (χ1v) is 15.0. The van der Waals surface area contributed by atoms with Crippen molar-refractivity contribution in [1.82, 2.24) is 4.90 Å². The summed E-state index contributed by atoms with van der Waals surface area (Å²) >= 11 is 0. The van der Waals surface area contributed by atoms with Gasteiger partial charge in [-0.2, -0.15) is 0 Å². The number of methoxy groups -OCH3 is 1. The molecule has 0 aliphatic carbocycles. The molecule has 8 nitrogen and oxygen atoms in total. The van der Waals surface area contributed by atoms with Gasteiger partial charge >= 0.3 is 0 Å². The molecular weight excluding hydrogens is 492 g/mol. The summed E-state index contributed by atoms with van der Waals surface area (Å²) in [5.41, 5.74) is 8.22. The van der Waals surface area contributed by atoms with Crippen LogP contribution in [-0.2, 0) is 16.3 Å². The van der Waals surface area contributed by atoms with Gasteiger partial charge in [-0.05, 0) is 55.2 Å². The molecule has 2 N–H and O–H groups in total. The minimum absolute atomic E-state index is 0.133. The van der Waals surface area contributed by atoms with Crippen molar-refractivity contribution in [3.8, 4) is 11.5 Å². The number of sulfone groups is 1. The Morgan fingerprint density at radius 1 is 0.946 bits per heavy atom. The third-order valence-corrected chi connectivity index (χ3v) is 7.50. The molecule has 0 unspecified atom stereocenters. The minimum atomic E-state index is -3.57. The van der Waals surface area contributed by atoms with E-state index in [0.29, 0.717) is 23.7 Å². The van der Waals surface area contributed by atoms with Crippen molar-refractivity contribution in [3.05, 3.63) is 52.6 Å². The molecule has 0 fully saturated rings. The minimum Gasteiger partial charge on any atom is -0.493 e. The number of benzene rings is 2. The highest BCUT2D eigenvalue weighted by molar-refractivity contribution is 7.90. The number of carbonyl (C=O) groups is 2. The second kappa shape index (κ2) is 12.4. The molecule has 0 spiro atoms. The topological polar surface area (TPSA) is 116 Å². The van der Waals surface area contributed by atoms with E-state index in [4.69, 9.17) is 15.2 Å². The van der Waals surface area contributed by atoms with Gasteiger partial charge in [0.2, 0.25) is 0 Å². The summed E-state index contributed by atoms with van der Waals surface area (Å²) in [5.74, 6) is -0.695. The molecule has 37 heavy (non-hydrogen) atoms. The zero-order chi connectivity index (χ0) is 27.2. The molecule has 0 radical (unpaired) electrons. The molecule has 9 heteroatoms. The number of amides is 2. The number of unbranched alkanes of at least 4 members (excludes halogenated alkanes) is 5. The Morgan fingerprint density at radius 2 is 1.65 bits per heavy atom. The Balaban J connectivity index is 1.94. The lowest BCUT2D eigenvalue weighted by Crippen LogP contribution is -2.37. The molecule has 1 atom stereocenters. The number of carbonyl (C=O) groups excluding carboxylic acids is 2. The van der Waals surface area contributed by atoms with Gasteiger partial charge < -0.3 is 15.2 Å². The van der Waals surface area contributed by atoms with E-state index in [0.717, 1.165) is 42.4 Å². The average Bonchev–Trinajstić information content (AvgIpc) is 3.09. The molecule has 2 aromatic rings. The number of aryl methyl sites for hydroxylation is 1. The SMILES string of the molecule is CCCCCCCCc1cc(N)c2c(c1)C(=O)N([C@H](CS(C)(=O)=O)c1ccc(OC)c(OCC)c1)C2=O. The lowest BCUT2D eigenvalue weighted by Gasteiger charge is -2.26. The van der Waals surface area contributed by atoms with Crippen LogP contribution in [0.15, 0.2) is 30.3 Å². The van der Waals surface area contributed by atoms with Gasteiger partial charge in [-0.25, -0.2) is 8.42 Å². The van der Waals surface area contributed by atoms with Gasteiger partial charge in [0.15, 0.2) is 11.5 Å². The van der Waals surface area contributed by atoms with Crippen LogP contribution in [0.1, 0.15) is 90.3 Å². The van der Waals surface area contributed by atoms with Gasteiger partial charge in [0.1, 0.15) is 9.84 Å². The van der Waals surface area contributed by atoms with Gasteiger partial charge in [0.05, 0.1) is 36.6 Å². The molecule has 3 rings (SSSR count). The molecule has 2 aromatic carbocycles. The smallest absolute Gasteiger partial charge is 0.264 e.